The number of rotatable bonds is 4. The summed E-state index contributed by atoms with van der Waals surface area (Å²) >= 11 is 0. The molecule has 1 aliphatic heterocycles. The molecular weight excluding hydrogens is 270 g/mol. The molecule has 1 amide bonds. The van der Waals surface area contributed by atoms with Crippen LogP contribution in [0.5, 0.6) is 0 Å². The summed E-state index contributed by atoms with van der Waals surface area (Å²) in [5.74, 6) is -1.00. The Morgan fingerprint density at radius 2 is 2.05 bits per heavy atom. The molecule has 0 spiro atoms. The first kappa shape index (κ1) is 15.3. The number of ether oxygens (including phenoxy) is 1. The Balaban J connectivity index is 1.96. The van der Waals surface area contributed by atoms with E-state index in [9.17, 15) is 9.59 Å². The average Bonchev–Trinajstić information content (AvgIpc) is 2.53. The van der Waals surface area contributed by atoms with Crippen molar-refractivity contribution in [1.29, 1.82) is 0 Å². The van der Waals surface area contributed by atoms with Gasteiger partial charge in [-0.05, 0) is 36.6 Å². The standard InChI is InChI=1S/C16H19NO4/c1-21-14-3-2-10-17(11-14)15(18)9-6-12-4-7-13(8-5-12)16(19)20/h4-9,14H,2-3,10-11H2,1H3,(H,19,20). The molecule has 21 heavy (non-hydrogen) atoms. The van der Waals surface area contributed by atoms with Crippen LogP contribution in [0.25, 0.3) is 6.08 Å². The molecule has 2 rings (SSSR count). The van der Waals surface area contributed by atoms with Crippen molar-refractivity contribution in [3.8, 4) is 0 Å². The van der Waals surface area contributed by atoms with E-state index in [0.29, 0.717) is 6.54 Å². The molecule has 112 valence electrons. The number of carbonyl (C=O) groups excluding carboxylic acids is 1. The second-order valence-corrected chi connectivity index (χ2v) is 5.04. The zero-order valence-corrected chi connectivity index (χ0v) is 12.0. The molecular formula is C16H19NO4. The Hall–Kier alpha value is -2.14. The van der Waals surface area contributed by atoms with Crippen LogP contribution in [0.3, 0.4) is 0 Å². The Morgan fingerprint density at radius 1 is 1.33 bits per heavy atom. The molecule has 0 radical (unpaired) electrons. The first-order valence-corrected chi connectivity index (χ1v) is 6.93. The van der Waals surface area contributed by atoms with E-state index in [4.69, 9.17) is 9.84 Å². The molecule has 5 nitrogen and oxygen atoms in total. The van der Waals surface area contributed by atoms with Crippen LogP contribution in [0.1, 0.15) is 28.8 Å². The van der Waals surface area contributed by atoms with Gasteiger partial charge in [0.25, 0.3) is 0 Å². The Bertz CT molecular complexity index is 536. The van der Waals surface area contributed by atoms with E-state index in [-0.39, 0.29) is 17.6 Å². The summed E-state index contributed by atoms with van der Waals surface area (Å²) in [4.78, 5) is 24.6. The minimum atomic E-state index is -0.958. The summed E-state index contributed by atoms with van der Waals surface area (Å²) in [6, 6.07) is 6.41. The van der Waals surface area contributed by atoms with Crippen molar-refractivity contribution in [2.75, 3.05) is 20.2 Å². The largest absolute Gasteiger partial charge is 0.478 e. The van der Waals surface area contributed by atoms with Crippen molar-refractivity contribution in [3.05, 3.63) is 41.5 Å². The molecule has 1 N–H and O–H groups in total. The van der Waals surface area contributed by atoms with Gasteiger partial charge < -0.3 is 14.7 Å². The number of nitrogens with zero attached hydrogens (tertiary/aromatic N) is 1. The molecule has 1 aromatic rings. The van der Waals surface area contributed by atoms with Crippen molar-refractivity contribution in [2.45, 2.75) is 18.9 Å². The number of hydrogen-bond acceptors (Lipinski definition) is 3. The molecule has 1 heterocycles. The molecule has 1 unspecified atom stereocenters. The van der Waals surface area contributed by atoms with Crippen LogP contribution < -0.4 is 0 Å². The van der Waals surface area contributed by atoms with Crippen LogP contribution in [0.2, 0.25) is 0 Å². The Labute approximate surface area is 123 Å². The van der Waals surface area contributed by atoms with Gasteiger partial charge in [-0.1, -0.05) is 12.1 Å². The van der Waals surface area contributed by atoms with Crippen LogP contribution in [0.15, 0.2) is 30.3 Å². The number of likely N-dealkylation sites (tertiary alicyclic amines) is 1. The zero-order chi connectivity index (χ0) is 15.2. The molecule has 0 aliphatic carbocycles. The third kappa shape index (κ3) is 4.16. The normalized spacial score (nSPS) is 18.9. The molecule has 1 atom stereocenters. The summed E-state index contributed by atoms with van der Waals surface area (Å²) in [5, 5.41) is 8.82. The van der Waals surface area contributed by atoms with Gasteiger partial charge in [0.2, 0.25) is 5.91 Å². The highest BCUT2D eigenvalue weighted by Crippen LogP contribution is 2.13. The Kier molecular flexibility index (Phi) is 5.11. The van der Waals surface area contributed by atoms with Gasteiger partial charge in [0.1, 0.15) is 0 Å². The van der Waals surface area contributed by atoms with Gasteiger partial charge in [0.15, 0.2) is 0 Å². The predicted molar refractivity (Wildman–Crippen MR) is 79.0 cm³/mol. The topological polar surface area (TPSA) is 66.8 Å². The maximum absolute atomic E-state index is 12.1. The fourth-order valence-electron chi connectivity index (χ4n) is 2.34. The van der Waals surface area contributed by atoms with Crippen molar-refractivity contribution in [1.82, 2.24) is 4.90 Å². The van der Waals surface area contributed by atoms with Crippen LogP contribution in [-0.2, 0) is 9.53 Å². The van der Waals surface area contributed by atoms with Gasteiger partial charge in [0.05, 0.1) is 11.7 Å². The molecule has 5 heteroatoms. The van der Waals surface area contributed by atoms with Gasteiger partial charge in [-0.3, -0.25) is 4.79 Å². The highest BCUT2D eigenvalue weighted by atomic mass is 16.5. The molecule has 1 saturated heterocycles. The van der Waals surface area contributed by atoms with Gasteiger partial charge >= 0.3 is 5.97 Å². The van der Waals surface area contributed by atoms with E-state index in [2.05, 4.69) is 0 Å². The molecule has 1 aliphatic rings. The van der Waals surface area contributed by atoms with E-state index in [1.165, 1.54) is 18.2 Å². The maximum Gasteiger partial charge on any atom is 0.335 e. The van der Waals surface area contributed by atoms with Crippen molar-refractivity contribution in [2.24, 2.45) is 0 Å². The van der Waals surface area contributed by atoms with E-state index < -0.39 is 5.97 Å². The summed E-state index contributed by atoms with van der Waals surface area (Å²) in [5.41, 5.74) is 1.03. The van der Waals surface area contributed by atoms with Crippen LogP contribution in [0, 0.1) is 0 Å². The summed E-state index contributed by atoms with van der Waals surface area (Å²) in [6.45, 7) is 1.37. The number of carboxylic acids is 1. The van der Waals surface area contributed by atoms with Gasteiger partial charge in [-0.25, -0.2) is 4.79 Å². The molecule has 0 bridgehead atoms. The minimum absolute atomic E-state index is 0.0425. The Morgan fingerprint density at radius 3 is 2.67 bits per heavy atom. The lowest BCUT2D eigenvalue weighted by Gasteiger charge is -2.31. The van der Waals surface area contributed by atoms with E-state index in [0.717, 1.165) is 24.9 Å². The van der Waals surface area contributed by atoms with Crippen LogP contribution in [-0.4, -0.2) is 48.2 Å². The number of methoxy groups -OCH3 is 1. The second kappa shape index (κ2) is 7.04. The fourth-order valence-corrected chi connectivity index (χ4v) is 2.34. The monoisotopic (exact) mass is 289 g/mol. The summed E-state index contributed by atoms with van der Waals surface area (Å²) in [6.07, 6.45) is 5.27. The van der Waals surface area contributed by atoms with Crippen molar-refractivity contribution in [3.63, 3.8) is 0 Å². The van der Waals surface area contributed by atoms with Gasteiger partial charge in [-0.2, -0.15) is 0 Å². The number of carbonyl (C=O) groups is 2. The van der Waals surface area contributed by atoms with E-state index in [1.54, 1.807) is 30.2 Å². The molecule has 1 fully saturated rings. The third-order valence-electron chi connectivity index (χ3n) is 3.60. The molecule has 1 aromatic carbocycles. The lowest BCUT2D eigenvalue weighted by Crippen LogP contribution is -2.42. The zero-order valence-electron chi connectivity index (χ0n) is 12.0. The highest BCUT2D eigenvalue weighted by molar-refractivity contribution is 5.92. The first-order valence-electron chi connectivity index (χ1n) is 6.93. The van der Waals surface area contributed by atoms with E-state index in [1.807, 2.05) is 0 Å². The average molecular weight is 289 g/mol. The lowest BCUT2D eigenvalue weighted by atomic mass is 10.1. The fraction of sp³-hybridized carbons (Fsp3) is 0.375. The van der Waals surface area contributed by atoms with Crippen LogP contribution in [0.4, 0.5) is 0 Å². The predicted octanol–water partition coefficient (Wildman–Crippen LogP) is 2.04. The van der Waals surface area contributed by atoms with Crippen LogP contribution >= 0.6 is 0 Å². The first-order chi connectivity index (χ1) is 10.1. The molecule has 0 saturated carbocycles. The lowest BCUT2D eigenvalue weighted by molar-refractivity contribution is -0.129. The maximum atomic E-state index is 12.1. The summed E-state index contributed by atoms with van der Waals surface area (Å²) in [7, 11) is 1.67. The number of carboxylic acid groups (broad SMARTS) is 1. The smallest absolute Gasteiger partial charge is 0.335 e. The minimum Gasteiger partial charge on any atom is -0.478 e. The van der Waals surface area contributed by atoms with Gasteiger partial charge in [-0.15, -0.1) is 0 Å². The summed E-state index contributed by atoms with van der Waals surface area (Å²) < 4.78 is 5.30. The number of piperidine rings is 1. The third-order valence-corrected chi connectivity index (χ3v) is 3.60. The number of aromatic carboxylic acids is 1. The quantitative estimate of drug-likeness (QED) is 0.861. The number of amides is 1. The number of hydrogen-bond donors (Lipinski definition) is 1. The van der Waals surface area contributed by atoms with Crippen molar-refractivity contribution < 1.29 is 19.4 Å². The van der Waals surface area contributed by atoms with Gasteiger partial charge in [0, 0.05) is 26.3 Å². The molecule has 0 aromatic heterocycles. The highest BCUT2D eigenvalue weighted by Gasteiger charge is 2.21. The van der Waals surface area contributed by atoms with Crippen molar-refractivity contribution >= 4 is 18.0 Å². The number of benzene rings is 1. The second-order valence-electron chi connectivity index (χ2n) is 5.04. The SMILES string of the molecule is COC1CCCN(C(=O)C=Cc2ccc(C(=O)O)cc2)C1. The van der Waals surface area contributed by atoms with E-state index >= 15 is 0 Å².